The summed E-state index contributed by atoms with van der Waals surface area (Å²) in [6.45, 7) is 4.22. The van der Waals surface area contributed by atoms with Crippen molar-refractivity contribution in [2.24, 2.45) is 0 Å². The zero-order valence-corrected chi connectivity index (χ0v) is 16.3. The molecule has 0 fully saturated rings. The summed E-state index contributed by atoms with van der Waals surface area (Å²) < 4.78 is 0. The van der Waals surface area contributed by atoms with E-state index in [0.29, 0.717) is 11.8 Å². The number of fused-ring (bicyclic) bond motifs is 2. The summed E-state index contributed by atoms with van der Waals surface area (Å²) in [5, 5.41) is 0. The molecule has 0 aliphatic heterocycles. The van der Waals surface area contributed by atoms with Gasteiger partial charge in [-0.25, -0.2) is 0 Å². The molecule has 120 valence electrons. The van der Waals surface area contributed by atoms with Crippen molar-refractivity contribution < 1.29 is 46.5 Å². The van der Waals surface area contributed by atoms with Gasteiger partial charge >= 0.3 is 21.7 Å². The zero-order valence-electron chi connectivity index (χ0n) is 13.3. The Labute approximate surface area is 172 Å². The largest absolute Gasteiger partial charge is 4.00 e. The molecule has 2 aromatic carbocycles. The molecule has 0 saturated carbocycles. The van der Waals surface area contributed by atoms with Crippen LogP contribution in [0, 0.1) is 12.8 Å². The molecule has 0 heterocycles. The fraction of sp³-hybridized carbons (Fsp3) is 0.143. The Morgan fingerprint density at radius 3 is 1.58 bits per heavy atom. The van der Waals surface area contributed by atoms with Gasteiger partial charge in [-0.1, -0.05) is 71.8 Å². The first-order chi connectivity index (χ1) is 10.4. The molecule has 2 aromatic rings. The molecule has 2 aliphatic carbocycles. The van der Waals surface area contributed by atoms with Gasteiger partial charge in [0.25, 0.3) is 0 Å². The molecule has 0 spiro atoms. The molecule has 2 unspecified atom stereocenters. The SMILES string of the molecule is [CH2-]C[C-](C1C=Cc2ccccc21)C1C=Cc2ccccc21.[Cl-].[Cl-].[Ti+4]. The third-order valence-corrected chi connectivity index (χ3v) is 4.69. The van der Waals surface area contributed by atoms with Crippen LogP contribution in [0.2, 0.25) is 0 Å². The molecular formula is C21H18Cl2Ti. The molecule has 0 radical (unpaired) electrons. The van der Waals surface area contributed by atoms with Gasteiger partial charge in [0.15, 0.2) is 0 Å². The second kappa shape index (κ2) is 9.06. The Hall–Kier alpha value is -0.786. The van der Waals surface area contributed by atoms with E-state index in [1.807, 2.05) is 0 Å². The van der Waals surface area contributed by atoms with E-state index in [1.54, 1.807) is 0 Å². The summed E-state index contributed by atoms with van der Waals surface area (Å²) in [6.07, 6.45) is 10.0. The van der Waals surface area contributed by atoms with Crippen LogP contribution in [-0.4, -0.2) is 0 Å². The van der Waals surface area contributed by atoms with Gasteiger partial charge in [0, 0.05) is 0 Å². The normalized spacial score (nSPS) is 19.1. The minimum atomic E-state index is 0. The molecule has 0 nitrogen and oxygen atoms in total. The molecule has 0 aromatic heterocycles. The van der Waals surface area contributed by atoms with Crippen LogP contribution in [0.25, 0.3) is 12.2 Å². The summed E-state index contributed by atoms with van der Waals surface area (Å²) >= 11 is 0. The van der Waals surface area contributed by atoms with Crippen molar-refractivity contribution in [3.05, 3.63) is 95.8 Å². The van der Waals surface area contributed by atoms with E-state index in [0.717, 1.165) is 6.42 Å². The van der Waals surface area contributed by atoms with Crippen molar-refractivity contribution in [2.45, 2.75) is 18.3 Å². The fourth-order valence-corrected chi connectivity index (χ4v) is 3.65. The molecule has 0 N–H and O–H groups in total. The summed E-state index contributed by atoms with van der Waals surface area (Å²) in [7, 11) is 0. The van der Waals surface area contributed by atoms with E-state index in [1.165, 1.54) is 28.2 Å². The standard InChI is InChI=1S/C21H18.2ClH.Ti/c1-2-17(20-13-11-15-7-3-5-9-18(15)20)21-14-12-16-8-4-6-10-19(16)21;;;/h3-14,20-21H,1-2H2;2*1H;/q-2;;;+4/p-2. The molecule has 2 atom stereocenters. The van der Waals surface area contributed by atoms with Crippen LogP contribution in [0.5, 0.6) is 0 Å². The first-order valence-corrected chi connectivity index (χ1v) is 7.57. The van der Waals surface area contributed by atoms with Gasteiger partial charge < -0.3 is 44.1 Å². The number of allylic oxidation sites excluding steroid dienone is 2. The van der Waals surface area contributed by atoms with Gasteiger partial charge in [0.05, 0.1) is 0 Å². The van der Waals surface area contributed by atoms with Gasteiger partial charge in [-0.2, -0.15) is 0 Å². The summed E-state index contributed by atoms with van der Waals surface area (Å²) in [5.41, 5.74) is 5.55. The predicted molar refractivity (Wildman–Crippen MR) is 89.7 cm³/mol. The van der Waals surface area contributed by atoms with Gasteiger partial charge in [-0.3, -0.25) is 0 Å². The molecule has 4 rings (SSSR count). The number of rotatable bonds is 3. The van der Waals surface area contributed by atoms with E-state index in [4.69, 9.17) is 0 Å². The van der Waals surface area contributed by atoms with Gasteiger partial charge in [0.2, 0.25) is 0 Å². The maximum absolute atomic E-state index is 4.22. The van der Waals surface area contributed by atoms with E-state index < -0.39 is 0 Å². The molecule has 3 heteroatoms. The second-order valence-electron chi connectivity index (χ2n) is 5.76. The Bertz CT molecular complexity index is 675. The van der Waals surface area contributed by atoms with Gasteiger partial charge in [-0.15, -0.1) is 24.0 Å². The maximum atomic E-state index is 4.22. The van der Waals surface area contributed by atoms with Crippen molar-refractivity contribution in [1.82, 2.24) is 0 Å². The Morgan fingerprint density at radius 2 is 1.17 bits per heavy atom. The number of benzene rings is 2. The average molecular weight is 389 g/mol. The minimum absolute atomic E-state index is 0. The molecule has 0 saturated heterocycles. The quantitative estimate of drug-likeness (QED) is 0.487. The second-order valence-corrected chi connectivity index (χ2v) is 5.76. The first-order valence-electron chi connectivity index (χ1n) is 7.57. The van der Waals surface area contributed by atoms with E-state index in [-0.39, 0.29) is 46.5 Å². The smallest absolute Gasteiger partial charge is 1.00 e. The monoisotopic (exact) mass is 388 g/mol. The first kappa shape index (κ1) is 21.3. The topological polar surface area (TPSA) is 0 Å². The number of hydrogen-bond acceptors (Lipinski definition) is 0. The third-order valence-electron chi connectivity index (χ3n) is 4.69. The molecular weight excluding hydrogens is 371 g/mol. The van der Waals surface area contributed by atoms with Crippen LogP contribution >= 0.6 is 0 Å². The number of halogens is 2. The predicted octanol–water partition coefficient (Wildman–Crippen LogP) is -0.588. The molecule has 0 amide bonds. The van der Waals surface area contributed by atoms with Crippen LogP contribution in [-0.2, 0) is 21.7 Å². The average Bonchev–Trinajstić information content (AvgIpc) is 3.14. The van der Waals surface area contributed by atoms with Crippen LogP contribution < -0.4 is 24.8 Å². The van der Waals surface area contributed by atoms with Gasteiger partial charge in [0.1, 0.15) is 0 Å². The van der Waals surface area contributed by atoms with Crippen LogP contribution in [0.3, 0.4) is 0 Å². The summed E-state index contributed by atoms with van der Waals surface area (Å²) in [5.74, 6) is 2.30. The van der Waals surface area contributed by atoms with E-state index >= 15 is 0 Å². The summed E-state index contributed by atoms with van der Waals surface area (Å²) in [4.78, 5) is 0. The Balaban J connectivity index is 0.000000960. The third kappa shape index (κ3) is 3.58. The van der Waals surface area contributed by atoms with Crippen molar-refractivity contribution in [3.8, 4) is 0 Å². The van der Waals surface area contributed by atoms with Gasteiger partial charge in [-0.05, 0) is 11.1 Å². The number of hydrogen-bond donors (Lipinski definition) is 0. The van der Waals surface area contributed by atoms with Crippen molar-refractivity contribution in [3.63, 3.8) is 0 Å². The van der Waals surface area contributed by atoms with Crippen LogP contribution in [0.4, 0.5) is 0 Å². The van der Waals surface area contributed by atoms with Crippen molar-refractivity contribution in [1.29, 1.82) is 0 Å². The molecule has 24 heavy (non-hydrogen) atoms. The van der Waals surface area contributed by atoms with E-state index in [2.05, 4.69) is 79.8 Å². The molecule has 0 bridgehead atoms. The Morgan fingerprint density at radius 1 is 0.750 bits per heavy atom. The van der Waals surface area contributed by atoms with Crippen LogP contribution in [0.1, 0.15) is 40.5 Å². The molecule has 2 aliphatic rings. The van der Waals surface area contributed by atoms with Crippen molar-refractivity contribution >= 4 is 12.2 Å². The minimum Gasteiger partial charge on any atom is -1.00 e. The fourth-order valence-electron chi connectivity index (χ4n) is 3.65. The maximum Gasteiger partial charge on any atom is 4.00 e. The summed E-state index contributed by atoms with van der Waals surface area (Å²) in [6, 6.07) is 17.4. The van der Waals surface area contributed by atoms with E-state index in [9.17, 15) is 0 Å². The van der Waals surface area contributed by atoms with Crippen molar-refractivity contribution in [2.75, 3.05) is 0 Å². The van der Waals surface area contributed by atoms with Crippen LogP contribution in [0.15, 0.2) is 60.7 Å². The Kier molecular flexibility index (Phi) is 8.03. The zero-order chi connectivity index (χ0) is 14.2.